The Balaban J connectivity index is 0.000000191. The van der Waals surface area contributed by atoms with Gasteiger partial charge in [-0.25, -0.2) is 38.4 Å². The number of nitrogens with zero attached hydrogens (tertiary/aromatic N) is 3. The van der Waals surface area contributed by atoms with Crippen LogP contribution in [0.1, 0.15) is 171 Å². The fraction of sp³-hybridized carbons (Fsp3) is 0.423. The van der Waals surface area contributed by atoms with Crippen molar-refractivity contribution in [3.05, 3.63) is 199 Å². The molecular formula is C78H100N6O12S4. The number of ether oxygens (including phenoxy) is 1. The van der Waals surface area contributed by atoms with E-state index in [-0.39, 0.29) is 79.9 Å². The van der Waals surface area contributed by atoms with E-state index in [4.69, 9.17) is 4.74 Å². The SMILES string of the molecule is CCCCCCS(=O)(=O)NC1CCC(C(=O)N(c2ccccc2)c2ccccc2)CC1.CCCCCCS(=O)(=O)Nc1ccc(N(C(=O)C2CCCCC2)c2ccc(OC)cc2)cc1.CN(C(=O)c1cc(CS(=O)(=O)c2ccccc2)cc(NS(=O)(=O)c2ccccc2)c1)C1CCCCC1. The van der Waals surface area contributed by atoms with Gasteiger partial charge in [0.1, 0.15) is 5.75 Å². The van der Waals surface area contributed by atoms with Crippen LogP contribution in [-0.2, 0) is 55.2 Å². The molecule has 3 saturated carbocycles. The van der Waals surface area contributed by atoms with E-state index in [1.807, 2.05) is 84.9 Å². The van der Waals surface area contributed by atoms with E-state index in [9.17, 15) is 48.1 Å². The first-order valence-electron chi connectivity index (χ1n) is 35.4. The number of amides is 3. The number of nitrogens with one attached hydrogen (secondary N) is 3. The Bertz CT molecular complexity index is 4030. The topological polar surface area (TPSA) is 243 Å². The predicted molar refractivity (Wildman–Crippen MR) is 402 cm³/mol. The van der Waals surface area contributed by atoms with Crippen LogP contribution in [0.5, 0.6) is 5.75 Å². The molecule has 7 aromatic carbocycles. The summed E-state index contributed by atoms with van der Waals surface area (Å²) < 4.78 is 115. The highest BCUT2D eigenvalue weighted by Crippen LogP contribution is 2.36. The van der Waals surface area contributed by atoms with Gasteiger partial charge in [0.25, 0.3) is 15.9 Å². The monoisotopic (exact) mass is 1440 g/mol. The van der Waals surface area contributed by atoms with Crippen LogP contribution in [0.2, 0.25) is 0 Å². The van der Waals surface area contributed by atoms with Crippen LogP contribution in [0.3, 0.4) is 0 Å². The van der Waals surface area contributed by atoms with Gasteiger partial charge in [0.15, 0.2) is 9.84 Å². The fourth-order valence-corrected chi connectivity index (χ4v) is 18.1. The molecule has 0 bridgehead atoms. The van der Waals surface area contributed by atoms with Crippen molar-refractivity contribution in [3.63, 3.8) is 0 Å². The molecule has 0 unspecified atom stereocenters. The molecule has 3 amide bonds. The zero-order chi connectivity index (χ0) is 71.6. The number of benzene rings is 7. The Hall–Kier alpha value is -7.89. The maximum atomic E-state index is 13.5. The minimum absolute atomic E-state index is 0.00199. The summed E-state index contributed by atoms with van der Waals surface area (Å²) in [6, 6.07) is 54.4. The zero-order valence-electron chi connectivity index (χ0n) is 58.3. The fourth-order valence-electron chi connectivity index (χ4n) is 13.1. The maximum absolute atomic E-state index is 13.5. The lowest BCUT2D eigenvalue weighted by Crippen LogP contribution is -2.42. The molecule has 0 aromatic heterocycles. The van der Waals surface area contributed by atoms with Gasteiger partial charge in [-0.15, -0.1) is 0 Å². The lowest BCUT2D eigenvalue weighted by molar-refractivity contribution is -0.123. The van der Waals surface area contributed by atoms with Crippen molar-refractivity contribution in [2.45, 2.75) is 183 Å². The molecule has 0 atom stereocenters. The minimum atomic E-state index is -3.93. The van der Waals surface area contributed by atoms with Gasteiger partial charge in [0.05, 0.1) is 34.2 Å². The van der Waals surface area contributed by atoms with E-state index in [2.05, 4.69) is 28.0 Å². The van der Waals surface area contributed by atoms with E-state index in [0.717, 1.165) is 125 Å². The molecule has 0 saturated heterocycles. The summed E-state index contributed by atoms with van der Waals surface area (Å²) in [4.78, 5) is 45.9. The Kier molecular flexibility index (Phi) is 29.8. The Morgan fingerprint density at radius 2 is 0.900 bits per heavy atom. The number of hydrogen-bond donors (Lipinski definition) is 3. The van der Waals surface area contributed by atoms with Crippen molar-refractivity contribution in [1.82, 2.24) is 9.62 Å². The van der Waals surface area contributed by atoms with Crippen molar-refractivity contribution in [1.29, 1.82) is 0 Å². The van der Waals surface area contributed by atoms with E-state index >= 15 is 0 Å². The van der Waals surface area contributed by atoms with Crippen LogP contribution in [-0.4, -0.2) is 94.0 Å². The molecule has 0 radical (unpaired) electrons. The lowest BCUT2D eigenvalue weighted by atomic mass is 9.85. The molecule has 0 heterocycles. The summed E-state index contributed by atoms with van der Waals surface area (Å²) >= 11 is 0. The number of sulfone groups is 1. The number of para-hydroxylation sites is 2. The molecule has 538 valence electrons. The predicted octanol–water partition coefficient (Wildman–Crippen LogP) is 16.5. The third-order valence-corrected chi connectivity index (χ3v) is 24.5. The third-order valence-electron chi connectivity index (χ3n) is 18.6. The zero-order valence-corrected chi connectivity index (χ0v) is 61.5. The van der Waals surface area contributed by atoms with Crippen LogP contribution in [0.25, 0.3) is 0 Å². The first-order valence-corrected chi connectivity index (χ1v) is 41.8. The van der Waals surface area contributed by atoms with Gasteiger partial charge in [-0.3, -0.25) is 33.6 Å². The number of sulfonamides is 3. The molecule has 3 N–H and O–H groups in total. The second kappa shape index (κ2) is 38.2. The largest absolute Gasteiger partial charge is 0.497 e. The average Bonchev–Trinajstić information content (AvgIpc) is 0.812. The molecule has 7 aromatic rings. The van der Waals surface area contributed by atoms with Gasteiger partial charge >= 0.3 is 0 Å². The van der Waals surface area contributed by atoms with E-state index in [1.165, 1.54) is 42.8 Å². The number of hydrogen-bond acceptors (Lipinski definition) is 12. The van der Waals surface area contributed by atoms with Crippen LogP contribution >= 0.6 is 0 Å². The number of carbonyl (C=O) groups is 3. The van der Waals surface area contributed by atoms with E-state index < -0.39 is 39.9 Å². The molecule has 3 aliphatic rings. The summed E-state index contributed by atoms with van der Waals surface area (Å²) in [6.07, 6.45) is 20.5. The first kappa shape index (κ1) is 77.8. The highest BCUT2D eigenvalue weighted by Gasteiger charge is 2.34. The molecule has 100 heavy (non-hydrogen) atoms. The van der Waals surface area contributed by atoms with Crippen LogP contribution in [0.15, 0.2) is 198 Å². The standard InChI is InChI=1S/C27H30N2O5S2.C26H36N2O4S.C25H34N2O3S/c1-29(24-11-5-2-6-12-24)27(30)22-17-21(20-35(31,32)25-13-7-3-8-14-25)18-23(19-22)28-36(33,34)26-15-9-4-10-16-26;1-3-4-5-9-20-33(30,31)27-22-12-14-23(15-13-22)28(24-16-18-25(32-2)19-17-24)26(29)21-10-7-6-8-11-21;1-2-3-4-11-20-31(29,30)26-22-18-16-21(17-19-22)25(28)27(23-12-7-5-8-13-23)24-14-9-6-10-15-24/h3-4,7-10,13-19,24,28H,2,5-6,11-12,20H2,1H3;12-19,21,27H,3-11,20H2,1-2H3;5-10,12-15,21-22,26H,2-4,11,16-20H2,1H3. The van der Waals surface area contributed by atoms with Gasteiger partial charge in [-0.2, -0.15) is 0 Å². The summed E-state index contributed by atoms with van der Waals surface area (Å²) in [5, 5.41) is 0. The molecule has 0 aliphatic heterocycles. The average molecular weight is 1440 g/mol. The Labute approximate surface area is 594 Å². The number of methoxy groups -OCH3 is 1. The van der Waals surface area contributed by atoms with Crippen molar-refractivity contribution in [2.75, 3.05) is 44.9 Å². The molecule has 18 nitrogen and oxygen atoms in total. The van der Waals surface area contributed by atoms with Gasteiger partial charge in [-0.05, 0) is 185 Å². The van der Waals surface area contributed by atoms with Crippen molar-refractivity contribution in [3.8, 4) is 5.75 Å². The molecule has 3 aliphatic carbocycles. The summed E-state index contributed by atoms with van der Waals surface area (Å²) in [7, 11) is -10.9. The van der Waals surface area contributed by atoms with Gasteiger partial charge in [-0.1, -0.05) is 164 Å². The second-order valence-electron chi connectivity index (χ2n) is 26.2. The smallest absolute Gasteiger partial charge is 0.261 e. The number of unbranched alkanes of at least 4 members (excludes halogenated alkanes) is 6. The van der Waals surface area contributed by atoms with Crippen molar-refractivity contribution >= 4 is 91.8 Å². The molecule has 10 rings (SSSR count). The van der Waals surface area contributed by atoms with Gasteiger partial charge in [0, 0.05) is 70.7 Å². The maximum Gasteiger partial charge on any atom is 0.261 e. The van der Waals surface area contributed by atoms with Crippen LogP contribution in [0.4, 0.5) is 34.1 Å². The van der Waals surface area contributed by atoms with Gasteiger partial charge in [0.2, 0.25) is 31.9 Å². The number of carbonyl (C=O) groups excluding carboxylic acids is 3. The summed E-state index contributed by atoms with van der Waals surface area (Å²) in [5.74, 6) is 0.476. The normalized spacial score (nSPS) is 16.1. The first-order chi connectivity index (χ1) is 48.1. The third kappa shape index (κ3) is 23.6. The molecule has 22 heteroatoms. The molecule has 3 fully saturated rings. The highest BCUT2D eigenvalue weighted by atomic mass is 32.2. The summed E-state index contributed by atoms with van der Waals surface area (Å²) in [5.41, 5.74) is 4.43. The number of rotatable bonds is 29. The lowest BCUT2D eigenvalue weighted by Gasteiger charge is -2.32. The van der Waals surface area contributed by atoms with Crippen molar-refractivity contribution in [2.24, 2.45) is 11.8 Å². The minimum Gasteiger partial charge on any atom is -0.497 e. The van der Waals surface area contributed by atoms with Gasteiger partial charge < -0.3 is 9.64 Å². The van der Waals surface area contributed by atoms with E-state index in [1.54, 1.807) is 95.6 Å². The summed E-state index contributed by atoms with van der Waals surface area (Å²) in [6.45, 7) is 4.21. The van der Waals surface area contributed by atoms with Crippen LogP contribution in [0, 0.1) is 11.8 Å². The highest BCUT2D eigenvalue weighted by molar-refractivity contribution is 7.93. The van der Waals surface area contributed by atoms with Crippen LogP contribution < -0.4 is 28.7 Å². The van der Waals surface area contributed by atoms with E-state index in [0.29, 0.717) is 49.8 Å². The quantitative estimate of drug-likeness (QED) is 0.0371. The van der Waals surface area contributed by atoms with Crippen molar-refractivity contribution < 1.29 is 52.8 Å². The Morgan fingerprint density at radius 3 is 1.40 bits per heavy atom. The Morgan fingerprint density at radius 1 is 0.450 bits per heavy atom. The number of anilines is 6. The molecule has 0 spiro atoms. The molecular weight excluding hydrogens is 1340 g/mol. The second-order valence-corrected chi connectivity index (χ2v) is 33.6.